The van der Waals surface area contributed by atoms with Gasteiger partial charge in [0.25, 0.3) is 5.91 Å². The molecule has 10 heteroatoms. The van der Waals surface area contributed by atoms with Crippen molar-refractivity contribution in [2.45, 2.75) is 13.0 Å². The third-order valence-electron chi connectivity index (χ3n) is 5.67. The van der Waals surface area contributed by atoms with Gasteiger partial charge in [-0.2, -0.15) is 5.10 Å². The van der Waals surface area contributed by atoms with Gasteiger partial charge in [-0.1, -0.05) is 0 Å². The van der Waals surface area contributed by atoms with Crippen molar-refractivity contribution >= 4 is 28.5 Å². The van der Waals surface area contributed by atoms with E-state index in [1.54, 1.807) is 30.3 Å². The number of aromatic amines is 1. The topological polar surface area (TPSA) is 98.9 Å². The predicted octanol–water partition coefficient (Wildman–Crippen LogP) is 4.91. The standard InChI is InChI=1S/C25H18F3N5O2/c1-12-21(23(31-25(35)29-12)14-8-16(27)10-17(28)9-14)24(34)30-18-6-7-20-19(11-18)22(33-32-20)13-2-4-15(26)5-3-13/h2-11,23H,1H3,(H,30,34)(H,32,33)(H2,29,31,35). The number of rotatable bonds is 4. The van der Waals surface area contributed by atoms with E-state index >= 15 is 0 Å². The first kappa shape index (κ1) is 22.2. The minimum Gasteiger partial charge on any atom is -0.327 e. The summed E-state index contributed by atoms with van der Waals surface area (Å²) < 4.78 is 41.0. The van der Waals surface area contributed by atoms with Crippen LogP contribution in [-0.2, 0) is 4.79 Å². The number of benzene rings is 3. The van der Waals surface area contributed by atoms with Gasteiger partial charge >= 0.3 is 6.03 Å². The Hall–Kier alpha value is -4.60. The van der Waals surface area contributed by atoms with E-state index in [0.717, 1.165) is 12.1 Å². The summed E-state index contributed by atoms with van der Waals surface area (Å²) in [7, 11) is 0. The molecule has 1 aliphatic heterocycles. The molecule has 1 aliphatic rings. The number of nitrogens with zero attached hydrogens (tertiary/aromatic N) is 1. The van der Waals surface area contributed by atoms with E-state index in [1.165, 1.54) is 19.1 Å². The summed E-state index contributed by atoms with van der Waals surface area (Å²) in [5.41, 5.74) is 2.83. The van der Waals surface area contributed by atoms with E-state index in [1.807, 2.05) is 0 Å². The molecular weight excluding hydrogens is 459 g/mol. The number of nitrogens with one attached hydrogen (secondary N) is 4. The summed E-state index contributed by atoms with van der Waals surface area (Å²) in [4.78, 5) is 25.3. The molecule has 0 spiro atoms. The van der Waals surface area contributed by atoms with Crippen LogP contribution in [0.15, 0.2) is 71.9 Å². The molecule has 5 rings (SSSR count). The summed E-state index contributed by atoms with van der Waals surface area (Å²) in [6.45, 7) is 1.53. The van der Waals surface area contributed by atoms with Gasteiger partial charge in [0.15, 0.2) is 0 Å². The van der Waals surface area contributed by atoms with Crippen molar-refractivity contribution in [3.05, 3.63) is 94.9 Å². The molecule has 0 saturated carbocycles. The quantitative estimate of drug-likeness (QED) is 0.336. The maximum atomic E-state index is 13.9. The van der Waals surface area contributed by atoms with Crippen LogP contribution in [0.2, 0.25) is 0 Å². The number of hydrogen-bond donors (Lipinski definition) is 4. The Morgan fingerprint density at radius 3 is 2.37 bits per heavy atom. The van der Waals surface area contributed by atoms with Crippen LogP contribution in [0.3, 0.4) is 0 Å². The molecule has 0 saturated heterocycles. The molecule has 2 heterocycles. The molecule has 7 nitrogen and oxygen atoms in total. The molecule has 3 aromatic carbocycles. The molecule has 0 radical (unpaired) electrons. The van der Waals surface area contributed by atoms with Crippen LogP contribution < -0.4 is 16.0 Å². The van der Waals surface area contributed by atoms with Crippen LogP contribution in [-0.4, -0.2) is 22.1 Å². The molecule has 35 heavy (non-hydrogen) atoms. The molecule has 0 bridgehead atoms. The maximum Gasteiger partial charge on any atom is 0.319 e. The zero-order valence-corrected chi connectivity index (χ0v) is 18.2. The smallest absolute Gasteiger partial charge is 0.319 e. The first-order valence-corrected chi connectivity index (χ1v) is 10.6. The normalized spacial score (nSPS) is 15.7. The Morgan fingerprint density at radius 1 is 0.943 bits per heavy atom. The highest BCUT2D eigenvalue weighted by molar-refractivity contribution is 6.08. The van der Waals surface area contributed by atoms with Crippen molar-refractivity contribution in [2.24, 2.45) is 0 Å². The average Bonchev–Trinajstić information content (AvgIpc) is 3.21. The lowest BCUT2D eigenvalue weighted by atomic mass is 9.94. The van der Waals surface area contributed by atoms with E-state index in [4.69, 9.17) is 0 Å². The Morgan fingerprint density at radius 2 is 1.66 bits per heavy atom. The van der Waals surface area contributed by atoms with E-state index in [0.29, 0.717) is 33.9 Å². The van der Waals surface area contributed by atoms with Gasteiger partial charge in [0, 0.05) is 28.4 Å². The van der Waals surface area contributed by atoms with Gasteiger partial charge in [0.2, 0.25) is 0 Å². The van der Waals surface area contributed by atoms with Crippen molar-refractivity contribution in [1.29, 1.82) is 0 Å². The number of amides is 3. The van der Waals surface area contributed by atoms with Crippen LogP contribution in [0.5, 0.6) is 0 Å². The summed E-state index contributed by atoms with van der Waals surface area (Å²) in [5.74, 6) is -2.60. The average molecular weight is 477 g/mol. The number of hydrogen-bond acceptors (Lipinski definition) is 3. The van der Waals surface area contributed by atoms with Gasteiger partial charge in [0.05, 0.1) is 22.8 Å². The van der Waals surface area contributed by atoms with Crippen LogP contribution in [0, 0.1) is 17.5 Å². The van der Waals surface area contributed by atoms with E-state index in [9.17, 15) is 22.8 Å². The third-order valence-corrected chi connectivity index (χ3v) is 5.67. The zero-order chi connectivity index (χ0) is 24.7. The number of anilines is 1. The lowest BCUT2D eigenvalue weighted by Gasteiger charge is -2.28. The van der Waals surface area contributed by atoms with Crippen molar-refractivity contribution in [3.63, 3.8) is 0 Å². The van der Waals surface area contributed by atoms with Gasteiger partial charge in [-0.05, 0) is 67.1 Å². The molecule has 1 unspecified atom stereocenters. The maximum absolute atomic E-state index is 13.9. The minimum atomic E-state index is -1.07. The Balaban J connectivity index is 1.49. The number of allylic oxidation sites excluding steroid dienone is 1. The van der Waals surface area contributed by atoms with Crippen LogP contribution in [0.25, 0.3) is 22.2 Å². The van der Waals surface area contributed by atoms with Gasteiger partial charge in [-0.3, -0.25) is 9.89 Å². The number of halogens is 3. The molecule has 0 fully saturated rings. The summed E-state index contributed by atoms with van der Waals surface area (Å²) in [6.07, 6.45) is 0. The van der Waals surface area contributed by atoms with Crippen LogP contribution in [0.4, 0.5) is 23.7 Å². The fraction of sp³-hybridized carbons (Fsp3) is 0.0800. The van der Waals surface area contributed by atoms with Crippen molar-refractivity contribution < 1.29 is 22.8 Å². The van der Waals surface area contributed by atoms with Crippen LogP contribution >= 0.6 is 0 Å². The lowest BCUT2D eigenvalue weighted by molar-refractivity contribution is -0.113. The first-order chi connectivity index (χ1) is 16.8. The van der Waals surface area contributed by atoms with Gasteiger partial charge in [-0.15, -0.1) is 0 Å². The Bertz CT molecular complexity index is 1490. The predicted molar refractivity (Wildman–Crippen MR) is 124 cm³/mol. The monoisotopic (exact) mass is 477 g/mol. The minimum absolute atomic E-state index is 0.0886. The summed E-state index contributed by atoms with van der Waals surface area (Å²) in [6, 6.07) is 12.1. The van der Waals surface area contributed by atoms with Crippen molar-refractivity contribution in [2.75, 3.05) is 5.32 Å². The highest BCUT2D eigenvalue weighted by Gasteiger charge is 2.32. The first-order valence-electron chi connectivity index (χ1n) is 10.6. The highest BCUT2D eigenvalue weighted by atomic mass is 19.1. The molecular formula is C25H18F3N5O2. The number of carbonyl (C=O) groups excluding carboxylic acids is 2. The Labute approximate surface area is 197 Å². The fourth-order valence-electron chi connectivity index (χ4n) is 4.10. The van der Waals surface area contributed by atoms with E-state index in [-0.39, 0.29) is 22.7 Å². The lowest BCUT2D eigenvalue weighted by Crippen LogP contribution is -2.46. The second-order valence-electron chi connectivity index (χ2n) is 8.07. The Kier molecular flexibility index (Phi) is 5.48. The van der Waals surface area contributed by atoms with E-state index in [2.05, 4.69) is 26.1 Å². The second kappa shape index (κ2) is 8.64. The molecule has 0 aliphatic carbocycles. The van der Waals surface area contributed by atoms with Crippen molar-refractivity contribution in [3.8, 4) is 11.3 Å². The SMILES string of the molecule is CC1=C(C(=O)Nc2ccc3[nH]nc(-c4ccc(F)cc4)c3c2)C(c2cc(F)cc(F)c2)NC(=O)N1. The highest BCUT2D eigenvalue weighted by Crippen LogP contribution is 2.31. The fourth-order valence-corrected chi connectivity index (χ4v) is 4.10. The molecule has 4 aromatic rings. The molecule has 176 valence electrons. The number of fused-ring (bicyclic) bond motifs is 1. The van der Waals surface area contributed by atoms with Gasteiger partial charge in [0.1, 0.15) is 17.5 Å². The second-order valence-corrected chi connectivity index (χ2v) is 8.07. The number of carbonyl (C=O) groups is 2. The van der Waals surface area contributed by atoms with Gasteiger partial charge < -0.3 is 16.0 Å². The number of aromatic nitrogens is 2. The van der Waals surface area contributed by atoms with Crippen LogP contribution in [0.1, 0.15) is 18.5 Å². The number of H-pyrrole nitrogens is 1. The zero-order valence-electron chi connectivity index (χ0n) is 18.2. The summed E-state index contributed by atoms with van der Waals surface area (Å²) in [5, 5.41) is 15.7. The van der Waals surface area contributed by atoms with Crippen molar-refractivity contribution in [1.82, 2.24) is 20.8 Å². The third kappa shape index (κ3) is 4.33. The largest absolute Gasteiger partial charge is 0.327 e. The molecule has 1 atom stereocenters. The molecule has 1 aromatic heterocycles. The van der Waals surface area contributed by atoms with Gasteiger partial charge in [-0.25, -0.2) is 18.0 Å². The number of urea groups is 1. The summed E-state index contributed by atoms with van der Waals surface area (Å²) >= 11 is 0. The molecule has 4 N–H and O–H groups in total. The molecule has 3 amide bonds. The van der Waals surface area contributed by atoms with E-state index < -0.39 is 29.6 Å².